The molecule has 1 heterocycles. The second-order valence-electron chi connectivity index (χ2n) is 8.39. The van der Waals surface area contributed by atoms with Gasteiger partial charge in [0.25, 0.3) is 0 Å². The number of hydrogen-bond acceptors (Lipinski definition) is 4. The normalized spacial score (nSPS) is 17.9. The van der Waals surface area contributed by atoms with Gasteiger partial charge in [-0.2, -0.15) is 0 Å². The van der Waals surface area contributed by atoms with Gasteiger partial charge in [0.2, 0.25) is 5.91 Å². The Kier molecular flexibility index (Phi) is 6.39. The van der Waals surface area contributed by atoms with Crippen LogP contribution in [0.4, 0.5) is 4.79 Å². The largest absolute Gasteiger partial charge is 0.497 e. The summed E-state index contributed by atoms with van der Waals surface area (Å²) in [6.45, 7) is 11.9. The Hall–Kier alpha value is -2.24. The van der Waals surface area contributed by atoms with Crippen LogP contribution in [-0.4, -0.2) is 42.2 Å². The maximum absolute atomic E-state index is 13.2. The van der Waals surface area contributed by atoms with E-state index in [9.17, 15) is 9.59 Å². The van der Waals surface area contributed by atoms with Crippen LogP contribution >= 0.6 is 0 Å². The molecule has 0 fully saturated rings. The molecule has 1 aliphatic rings. The smallest absolute Gasteiger partial charge is 0.408 e. The van der Waals surface area contributed by atoms with Crippen LogP contribution in [0.3, 0.4) is 0 Å². The van der Waals surface area contributed by atoms with Gasteiger partial charge < -0.3 is 19.7 Å². The third kappa shape index (κ3) is 5.15. The van der Waals surface area contributed by atoms with Crippen molar-refractivity contribution in [2.45, 2.75) is 65.6 Å². The first-order valence-corrected chi connectivity index (χ1v) is 9.50. The SMILES string of the molecule is COc1ccc2c(c1)C(C)N(C(=O)C(NC(=O)OC(C)(C)C)C(C)C)CC2. The molecule has 0 spiro atoms. The van der Waals surface area contributed by atoms with Crippen molar-refractivity contribution in [2.75, 3.05) is 13.7 Å². The van der Waals surface area contributed by atoms with Crippen molar-refractivity contribution in [3.05, 3.63) is 29.3 Å². The van der Waals surface area contributed by atoms with Crippen LogP contribution in [-0.2, 0) is 16.0 Å². The molecule has 1 aromatic carbocycles. The molecule has 0 bridgehead atoms. The highest BCUT2D eigenvalue weighted by Gasteiger charge is 2.35. The highest BCUT2D eigenvalue weighted by molar-refractivity contribution is 5.86. The lowest BCUT2D eigenvalue weighted by molar-refractivity contribution is -0.137. The Morgan fingerprint density at radius 3 is 2.48 bits per heavy atom. The van der Waals surface area contributed by atoms with Crippen molar-refractivity contribution in [3.63, 3.8) is 0 Å². The maximum Gasteiger partial charge on any atom is 0.408 e. The number of alkyl carbamates (subject to hydrolysis) is 1. The van der Waals surface area contributed by atoms with E-state index in [1.54, 1.807) is 27.9 Å². The lowest BCUT2D eigenvalue weighted by Crippen LogP contribution is -2.53. The Morgan fingerprint density at radius 2 is 1.93 bits per heavy atom. The highest BCUT2D eigenvalue weighted by Crippen LogP contribution is 2.33. The fraction of sp³-hybridized carbons (Fsp3) is 0.619. The Balaban J connectivity index is 2.19. The summed E-state index contributed by atoms with van der Waals surface area (Å²) < 4.78 is 10.7. The minimum atomic E-state index is -0.630. The predicted molar refractivity (Wildman–Crippen MR) is 105 cm³/mol. The number of fused-ring (bicyclic) bond motifs is 1. The quantitative estimate of drug-likeness (QED) is 0.870. The van der Waals surface area contributed by atoms with Gasteiger partial charge in [0.05, 0.1) is 13.2 Å². The minimum absolute atomic E-state index is 0.0519. The highest BCUT2D eigenvalue weighted by atomic mass is 16.6. The molecular weight excluding hydrogens is 344 g/mol. The van der Waals surface area contributed by atoms with Gasteiger partial charge in [0.15, 0.2) is 0 Å². The molecule has 1 N–H and O–H groups in total. The van der Waals surface area contributed by atoms with E-state index in [1.165, 1.54) is 5.56 Å². The van der Waals surface area contributed by atoms with E-state index in [2.05, 4.69) is 11.4 Å². The van der Waals surface area contributed by atoms with E-state index < -0.39 is 17.7 Å². The van der Waals surface area contributed by atoms with Gasteiger partial charge in [0.1, 0.15) is 17.4 Å². The van der Waals surface area contributed by atoms with Gasteiger partial charge in [-0.05, 0) is 63.3 Å². The topological polar surface area (TPSA) is 67.9 Å². The first-order chi connectivity index (χ1) is 12.5. The van der Waals surface area contributed by atoms with Crippen molar-refractivity contribution in [2.24, 2.45) is 5.92 Å². The number of benzene rings is 1. The average molecular weight is 376 g/mol. The molecule has 27 heavy (non-hydrogen) atoms. The van der Waals surface area contributed by atoms with Gasteiger partial charge in [0, 0.05) is 6.54 Å². The number of nitrogens with one attached hydrogen (secondary N) is 1. The standard InChI is InChI=1S/C21H32N2O4/c1-13(2)18(22-20(25)27-21(4,5)6)19(24)23-11-10-15-8-9-16(26-7)12-17(15)14(23)3/h8-9,12-14,18H,10-11H2,1-7H3,(H,22,25). The van der Waals surface area contributed by atoms with Gasteiger partial charge in [-0.25, -0.2) is 4.79 Å². The molecular formula is C21H32N2O4. The monoisotopic (exact) mass is 376 g/mol. The molecule has 0 aromatic heterocycles. The first-order valence-electron chi connectivity index (χ1n) is 9.50. The van der Waals surface area contributed by atoms with Crippen molar-refractivity contribution in [3.8, 4) is 5.75 Å². The molecule has 2 atom stereocenters. The van der Waals surface area contributed by atoms with Crippen LogP contribution < -0.4 is 10.1 Å². The molecule has 0 saturated heterocycles. The third-order valence-electron chi connectivity index (χ3n) is 4.78. The average Bonchev–Trinajstić information content (AvgIpc) is 2.57. The van der Waals surface area contributed by atoms with Gasteiger partial charge >= 0.3 is 6.09 Å². The van der Waals surface area contributed by atoms with E-state index in [0.29, 0.717) is 6.54 Å². The number of hydrogen-bond donors (Lipinski definition) is 1. The van der Waals surface area contributed by atoms with Crippen molar-refractivity contribution in [1.82, 2.24) is 10.2 Å². The van der Waals surface area contributed by atoms with E-state index in [-0.39, 0.29) is 17.9 Å². The first kappa shape index (κ1) is 21.1. The summed E-state index contributed by atoms with van der Waals surface area (Å²) in [7, 11) is 1.64. The van der Waals surface area contributed by atoms with Crippen LogP contribution in [0.1, 0.15) is 58.7 Å². The van der Waals surface area contributed by atoms with Crippen LogP contribution in [0.15, 0.2) is 18.2 Å². The third-order valence-corrected chi connectivity index (χ3v) is 4.78. The number of carbonyl (C=O) groups excluding carboxylic acids is 2. The second kappa shape index (κ2) is 8.19. The van der Waals surface area contributed by atoms with Crippen molar-refractivity contribution < 1.29 is 19.1 Å². The summed E-state index contributed by atoms with van der Waals surface area (Å²) in [5, 5.41) is 2.76. The molecule has 1 aliphatic heterocycles. The summed E-state index contributed by atoms with van der Waals surface area (Å²) in [4.78, 5) is 27.3. The molecule has 2 rings (SSSR count). The fourth-order valence-corrected chi connectivity index (χ4v) is 3.35. The van der Waals surface area contributed by atoms with Crippen LogP contribution in [0.2, 0.25) is 0 Å². The molecule has 0 saturated carbocycles. The second-order valence-corrected chi connectivity index (χ2v) is 8.39. The van der Waals surface area contributed by atoms with Crippen molar-refractivity contribution >= 4 is 12.0 Å². The lowest BCUT2D eigenvalue weighted by Gasteiger charge is -2.38. The molecule has 150 valence electrons. The minimum Gasteiger partial charge on any atom is -0.497 e. The lowest BCUT2D eigenvalue weighted by atomic mass is 9.91. The Bertz CT molecular complexity index is 694. The molecule has 2 amide bonds. The summed E-state index contributed by atoms with van der Waals surface area (Å²) in [5.41, 5.74) is 1.71. The summed E-state index contributed by atoms with van der Waals surface area (Å²) >= 11 is 0. The van der Waals surface area contributed by atoms with Crippen LogP contribution in [0, 0.1) is 5.92 Å². The zero-order valence-corrected chi connectivity index (χ0v) is 17.5. The zero-order chi connectivity index (χ0) is 20.4. The van der Waals surface area contributed by atoms with Crippen molar-refractivity contribution in [1.29, 1.82) is 0 Å². The van der Waals surface area contributed by atoms with Gasteiger partial charge in [-0.1, -0.05) is 19.9 Å². The number of nitrogens with zero attached hydrogens (tertiary/aromatic N) is 1. The molecule has 0 radical (unpaired) electrons. The van der Waals surface area contributed by atoms with E-state index in [4.69, 9.17) is 9.47 Å². The molecule has 1 aromatic rings. The number of amides is 2. The van der Waals surface area contributed by atoms with Crippen LogP contribution in [0.25, 0.3) is 0 Å². The number of carbonyl (C=O) groups is 2. The number of rotatable bonds is 4. The molecule has 2 unspecified atom stereocenters. The summed E-state index contributed by atoms with van der Waals surface area (Å²) in [6.07, 6.45) is 0.216. The van der Waals surface area contributed by atoms with E-state index in [1.807, 2.05) is 37.8 Å². The summed E-state index contributed by atoms with van der Waals surface area (Å²) in [6, 6.07) is 5.29. The van der Waals surface area contributed by atoms with Crippen LogP contribution in [0.5, 0.6) is 5.75 Å². The fourth-order valence-electron chi connectivity index (χ4n) is 3.35. The maximum atomic E-state index is 13.2. The number of methoxy groups -OCH3 is 1. The Labute approximate surface area is 162 Å². The zero-order valence-electron chi connectivity index (χ0n) is 17.5. The van der Waals surface area contributed by atoms with Gasteiger partial charge in [-0.15, -0.1) is 0 Å². The Morgan fingerprint density at radius 1 is 1.26 bits per heavy atom. The van der Waals surface area contributed by atoms with E-state index >= 15 is 0 Å². The predicted octanol–water partition coefficient (Wildman–Crippen LogP) is 3.69. The number of ether oxygens (including phenoxy) is 2. The van der Waals surface area contributed by atoms with E-state index in [0.717, 1.165) is 17.7 Å². The molecule has 6 nitrogen and oxygen atoms in total. The van der Waals surface area contributed by atoms with Gasteiger partial charge in [-0.3, -0.25) is 4.79 Å². The molecule has 0 aliphatic carbocycles. The molecule has 6 heteroatoms. The summed E-state index contributed by atoms with van der Waals surface area (Å²) in [5.74, 6) is 0.642.